The van der Waals surface area contributed by atoms with Crippen LogP contribution in [0.3, 0.4) is 0 Å². The molecule has 3 N–H and O–H groups in total. The van der Waals surface area contributed by atoms with Crippen molar-refractivity contribution < 1.29 is 8.78 Å². The first-order chi connectivity index (χ1) is 8.47. The number of hydrogen-bond acceptors (Lipinski definition) is 2. The summed E-state index contributed by atoms with van der Waals surface area (Å²) in [5, 5.41) is 2.99. The van der Waals surface area contributed by atoms with Crippen LogP contribution in [0.4, 0.5) is 25.8 Å². The second-order valence-corrected chi connectivity index (χ2v) is 5.93. The zero-order chi connectivity index (χ0) is 13.3. The van der Waals surface area contributed by atoms with Crippen molar-refractivity contribution in [1.82, 2.24) is 0 Å². The third kappa shape index (κ3) is 3.02. The van der Waals surface area contributed by atoms with Crippen molar-refractivity contribution in [3.63, 3.8) is 0 Å². The van der Waals surface area contributed by atoms with Gasteiger partial charge in [-0.2, -0.15) is 0 Å². The van der Waals surface area contributed by atoms with Crippen molar-refractivity contribution >= 4 is 62.2 Å². The normalized spacial score (nSPS) is 10.4. The average molecular weight is 472 g/mol. The lowest BCUT2D eigenvalue weighted by Crippen LogP contribution is -2.00. The third-order valence-corrected chi connectivity index (χ3v) is 4.01. The SMILES string of the molecule is Nc1cc(I)c(F)cc1Nc1ccc(F)cc1I. The van der Waals surface area contributed by atoms with E-state index in [9.17, 15) is 8.78 Å². The predicted octanol–water partition coefficient (Wildman–Crippen LogP) is 4.50. The summed E-state index contributed by atoms with van der Waals surface area (Å²) in [5.74, 6) is -0.656. The second-order valence-electron chi connectivity index (χ2n) is 3.60. The molecule has 94 valence electrons. The van der Waals surface area contributed by atoms with E-state index in [2.05, 4.69) is 5.32 Å². The van der Waals surface area contributed by atoms with Crippen LogP contribution in [0.5, 0.6) is 0 Å². The summed E-state index contributed by atoms with van der Waals surface area (Å²) in [7, 11) is 0. The smallest absolute Gasteiger partial charge is 0.138 e. The highest BCUT2D eigenvalue weighted by atomic mass is 127. The van der Waals surface area contributed by atoms with Gasteiger partial charge in [0, 0.05) is 9.64 Å². The molecule has 2 nitrogen and oxygen atoms in total. The maximum Gasteiger partial charge on any atom is 0.138 e. The van der Waals surface area contributed by atoms with Gasteiger partial charge in [-0.05, 0) is 69.4 Å². The highest BCUT2D eigenvalue weighted by molar-refractivity contribution is 14.1. The van der Waals surface area contributed by atoms with Gasteiger partial charge in [-0.3, -0.25) is 0 Å². The van der Waals surface area contributed by atoms with E-state index >= 15 is 0 Å². The summed E-state index contributed by atoms with van der Waals surface area (Å²) < 4.78 is 27.6. The van der Waals surface area contributed by atoms with Crippen LogP contribution >= 0.6 is 45.2 Å². The van der Waals surface area contributed by atoms with E-state index in [0.29, 0.717) is 24.2 Å². The maximum absolute atomic E-state index is 13.5. The monoisotopic (exact) mass is 472 g/mol. The van der Waals surface area contributed by atoms with Gasteiger partial charge < -0.3 is 11.1 Å². The Labute approximate surface area is 130 Å². The first kappa shape index (κ1) is 13.8. The highest BCUT2D eigenvalue weighted by Crippen LogP contribution is 2.29. The first-order valence-electron chi connectivity index (χ1n) is 4.94. The lowest BCUT2D eigenvalue weighted by Gasteiger charge is -2.12. The molecular formula is C12H8F2I2N2. The Morgan fingerprint density at radius 2 is 1.67 bits per heavy atom. The Morgan fingerprint density at radius 1 is 0.944 bits per heavy atom. The molecule has 18 heavy (non-hydrogen) atoms. The van der Waals surface area contributed by atoms with Crippen LogP contribution in [0.15, 0.2) is 30.3 Å². The van der Waals surface area contributed by atoms with Crippen LogP contribution in [-0.4, -0.2) is 0 Å². The number of nitrogens with two attached hydrogens (primary N) is 1. The molecule has 0 amide bonds. The fourth-order valence-electron chi connectivity index (χ4n) is 1.41. The molecule has 0 fully saturated rings. The summed E-state index contributed by atoms with van der Waals surface area (Å²) in [6.07, 6.45) is 0. The molecule has 0 spiro atoms. The summed E-state index contributed by atoms with van der Waals surface area (Å²) in [5.41, 5.74) is 7.41. The number of anilines is 3. The molecule has 2 aromatic carbocycles. The number of nitrogens with one attached hydrogen (secondary N) is 1. The van der Waals surface area contributed by atoms with Crippen LogP contribution in [0.1, 0.15) is 0 Å². The lowest BCUT2D eigenvalue weighted by atomic mass is 10.2. The van der Waals surface area contributed by atoms with Gasteiger partial charge in [0.05, 0.1) is 20.6 Å². The standard InChI is InChI=1S/C12H8F2I2N2/c13-6-1-2-11(9(16)3-6)18-12-4-7(14)8(15)5-10(12)17/h1-5,18H,17H2. The van der Waals surface area contributed by atoms with E-state index in [-0.39, 0.29) is 11.6 Å². The Morgan fingerprint density at radius 3 is 2.33 bits per heavy atom. The first-order valence-corrected chi connectivity index (χ1v) is 7.09. The third-order valence-electron chi connectivity index (χ3n) is 2.29. The molecule has 0 aliphatic heterocycles. The molecule has 2 aromatic rings. The molecule has 2 rings (SSSR count). The van der Waals surface area contributed by atoms with Gasteiger partial charge >= 0.3 is 0 Å². The number of halogens is 4. The molecule has 0 saturated carbocycles. The minimum absolute atomic E-state index is 0.313. The molecule has 0 saturated heterocycles. The minimum atomic E-state index is -0.343. The maximum atomic E-state index is 13.5. The molecule has 0 aliphatic rings. The molecular weight excluding hydrogens is 464 g/mol. The van der Waals surface area contributed by atoms with Crippen molar-refractivity contribution in [1.29, 1.82) is 0 Å². The lowest BCUT2D eigenvalue weighted by molar-refractivity contribution is 0.621. The van der Waals surface area contributed by atoms with E-state index in [1.165, 1.54) is 18.2 Å². The molecule has 0 bridgehead atoms. The minimum Gasteiger partial charge on any atom is -0.397 e. The van der Waals surface area contributed by atoms with E-state index in [1.807, 2.05) is 45.2 Å². The van der Waals surface area contributed by atoms with E-state index < -0.39 is 0 Å². The Hall–Kier alpha value is -0.640. The average Bonchev–Trinajstić information content (AvgIpc) is 2.29. The molecule has 0 radical (unpaired) electrons. The largest absolute Gasteiger partial charge is 0.397 e. The molecule has 0 aromatic heterocycles. The van der Waals surface area contributed by atoms with Gasteiger partial charge in [0.15, 0.2) is 0 Å². The van der Waals surface area contributed by atoms with Crippen molar-refractivity contribution in [2.24, 2.45) is 0 Å². The van der Waals surface area contributed by atoms with Crippen LogP contribution in [0.25, 0.3) is 0 Å². The zero-order valence-electron chi connectivity index (χ0n) is 8.98. The van der Waals surface area contributed by atoms with Gasteiger partial charge in [-0.15, -0.1) is 0 Å². The molecule has 6 heteroatoms. The quantitative estimate of drug-likeness (QED) is 0.500. The van der Waals surface area contributed by atoms with Crippen molar-refractivity contribution in [2.75, 3.05) is 11.1 Å². The van der Waals surface area contributed by atoms with Gasteiger partial charge in [0.2, 0.25) is 0 Å². The topological polar surface area (TPSA) is 38.0 Å². The van der Waals surface area contributed by atoms with Crippen LogP contribution in [0.2, 0.25) is 0 Å². The van der Waals surface area contributed by atoms with E-state index in [1.54, 1.807) is 12.1 Å². The van der Waals surface area contributed by atoms with E-state index in [0.717, 1.165) is 0 Å². The Bertz CT molecular complexity index is 603. The molecule has 0 heterocycles. The van der Waals surface area contributed by atoms with E-state index in [4.69, 9.17) is 5.73 Å². The summed E-state index contributed by atoms with van der Waals surface area (Å²) in [6.45, 7) is 0. The van der Waals surface area contributed by atoms with Gasteiger partial charge in [0.25, 0.3) is 0 Å². The van der Waals surface area contributed by atoms with Gasteiger partial charge in [0.1, 0.15) is 11.6 Å². The molecule has 0 atom stereocenters. The summed E-state index contributed by atoms with van der Waals surface area (Å²) >= 11 is 3.88. The Kier molecular flexibility index (Phi) is 4.25. The van der Waals surface area contributed by atoms with Gasteiger partial charge in [-0.25, -0.2) is 8.78 Å². The number of rotatable bonds is 2. The number of benzene rings is 2. The summed E-state index contributed by atoms with van der Waals surface area (Å²) in [4.78, 5) is 0. The zero-order valence-corrected chi connectivity index (χ0v) is 13.3. The number of nitrogen functional groups attached to an aromatic ring is 1. The Balaban J connectivity index is 2.37. The molecule has 0 aliphatic carbocycles. The fourth-order valence-corrected chi connectivity index (χ4v) is 2.51. The molecule has 0 unspecified atom stereocenters. The van der Waals surface area contributed by atoms with Crippen LogP contribution < -0.4 is 11.1 Å². The second kappa shape index (κ2) is 5.55. The highest BCUT2D eigenvalue weighted by Gasteiger charge is 2.08. The van der Waals surface area contributed by atoms with Gasteiger partial charge in [-0.1, -0.05) is 0 Å². The van der Waals surface area contributed by atoms with Crippen LogP contribution in [-0.2, 0) is 0 Å². The summed E-state index contributed by atoms with van der Waals surface area (Å²) in [6, 6.07) is 7.20. The van der Waals surface area contributed by atoms with Crippen molar-refractivity contribution in [3.8, 4) is 0 Å². The van der Waals surface area contributed by atoms with Crippen molar-refractivity contribution in [3.05, 3.63) is 49.1 Å². The number of hydrogen-bond donors (Lipinski definition) is 2. The predicted molar refractivity (Wildman–Crippen MR) is 85.9 cm³/mol. The van der Waals surface area contributed by atoms with Crippen molar-refractivity contribution in [2.45, 2.75) is 0 Å². The fraction of sp³-hybridized carbons (Fsp3) is 0. The van der Waals surface area contributed by atoms with Crippen LogP contribution in [0, 0.1) is 18.8 Å².